The zero-order chi connectivity index (χ0) is 19.8. The first kappa shape index (κ1) is 21.0. The van der Waals surface area contributed by atoms with Gasteiger partial charge in [-0.25, -0.2) is 0 Å². The van der Waals surface area contributed by atoms with Crippen molar-refractivity contribution in [1.82, 2.24) is 9.80 Å². The van der Waals surface area contributed by atoms with Crippen molar-refractivity contribution in [3.8, 4) is 0 Å². The van der Waals surface area contributed by atoms with Gasteiger partial charge < -0.3 is 14.2 Å². The van der Waals surface area contributed by atoms with Crippen LogP contribution in [0.2, 0.25) is 0 Å². The van der Waals surface area contributed by atoms with Crippen LogP contribution in [-0.2, 0) is 22.7 Å². The Morgan fingerprint density at radius 2 is 1.78 bits per heavy atom. The minimum Gasteiger partial charge on any atom is -0.464 e. The van der Waals surface area contributed by atoms with Gasteiger partial charge in [-0.15, -0.1) is 11.6 Å². The highest BCUT2D eigenvalue weighted by Gasteiger charge is 2.24. The van der Waals surface area contributed by atoms with Crippen LogP contribution >= 0.6 is 11.6 Å². The molecule has 146 valence electrons. The van der Waals surface area contributed by atoms with E-state index >= 15 is 0 Å². The smallest absolute Gasteiger partial charge is 0.242 e. The van der Waals surface area contributed by atoms with Gasteiger partial charge in [0.2, 0.25) is 11.8 Å². The Kier molecular flexibility index (Phi) is 7.92. The molecule has 1 aromatic carbocycles. The largest absolute Gasteiger partial charge is 0.464 e. The minimum atomic E-state index is -0.653. The van der Waals surface area contributed by atoms with E-state index in [0.717, 1.165) is 23.5 Å². The molecule has 5 nitrogen and oxygen atoms in total. The van der Waals surface area contributed by atoms with E-state index in [2.05, 4.69) is 0 Å². The van der Waals surface area contributed by atoms with Crippen molar-refractivity contribution in [2.24, 2.45) is 0 Å². The van der Waals surface area contributed by atoms with E-state index in [0.29, 0.717) is 19.6 Å². The van der Waals surface area contributed by atoms with Gasteiger partial charge in [-0.2, -0.15) is 0 Å². The monoisotopic (exact) mass is 390 g/mol. The highest BCUT2D eigenvalue weighted by molar-refractivity contribution is 6.30. The Labute approximate surface area is 165 Å². The van der Waals surface area contributed by atoms with E-state index in [1.807, 2.05) is 56.3 Å². The molecule has 1 aromatic heterocycles. The molecule has 0 saturated carbocycles. The van der Waals surface area contributed by atoms with Crippen LogP contribution in [0.3, 0.4) is 0 Å². The normalized spacial score (nSPS) is 11.9. The molecule has 0 spiro atoms. The lowest BCUT2D eigenvalue weighted by Crippen LogP contribution is -2.44. The number of alkyl halides is 1. The minimum absolute atomic E-state index is 0.0102. The van der Waals surface area contributed by atoms with Gasteiger partial charge in [0.15, 0.2) is 0 Å². The third-order valence-electron chi connectivity index (χ3n) is 4.18. The number of nitrogens with zero attached hydrogens (tertiary/aromatic N) is 2. The molecule has 2 rings (SSSR count). The van der Waals surface area contributed by atoms with E-state index < -0.39 is 5.38 Å². The van der Waals surface area contributed by atoms with Gasteiger partial charge in [-0.3, -0.25) is 9.59 Å². The molecular weight excluding hydrogens is 364 g/mol. The number of benzene rings is 1. The number of hydrogen-bond acceptors (Lipinski definition) is 3. The summed E-state index contributed by atoms with van der Waals surface area (Å²) in [6.07, 6.45) is 0.763. The summed E-state index contributed by atoms with van der Waals surface area (Å²) in [5.74, 6) is 1.17. The molecule has 0 fully saturated rings. The van der Waals surface area contributed by atoms with Crippen LogP contribution in [0.4, 0.5) is 0 Å². The van der Waals surface area contributed by atoms with Gasteiger partial charge in [0.1, 0.15) is 16.9 Å². The van der Waals surface area contributed by atoms with Crippen molar-refractivity contribution in [1.29, 1.82) is 0 Å². The predicted molar refractivity (Wildman–Crippen MR) is 106 cm³/mol. The Morgan fingerprint density at radius 3 is 2.33 bits per heavy atom. The fourth-order valence-electron chi connectivity index (χ4n) is 2.85. The highest BCUT2D eigenvalue weighted by atomic mass is 35.5. The summed E-state index contributed by atoms with van der Waals surface area (Å²) >= 11 is 5.95. The van der Waals surface area contributed by atoms with Crippen LogP contribution in [0.1, 0.15) is 37.4 Å². The summed E-state index contributed by atoms with van der Waals surface area (Å²) in [5.41, 5.74) is 1.02. The molecule has 0 saturated heterocycles. The van der Waals surface area contributed by atoms with Gasteiger partial charge in [-0.1, -0.05) is 37.3 Å². The standard InChI is InChI=1S/C21H27ClN2O3/c1-4-12-23(21(26)17(3)22)15-20(25)24(13-18-8-6-5-7-9-18)14-19-11-10-16(2)27-19/h5-11,17H,4,12-15H2,1-3H3. The Bertz CT molecular complexity index is 743. The van der Waals surface area contributed by atoms with E-state index in [1.165, 1.54) is 4.90 Å². The van der Waals surface area contributed by atoms with Crippen molar-refractivity contribution < 1.29 is 14.0 Å². The van der Waals surface area contributed by atoms with Gasteiger partial charge >= 0.3 is 0 Å². The second kappa shape index (κ2) is 10.2. The number of halogens is 1. The molecule has 1 atom stereocenters. The van der Waals surface area contributed by atoms with Crippen molar-refractivity contribution in [2.45, 2.75) is 45.7 Å². The van der Waals surface area contributed by atoms with Gasteiger partial charge in [-0.05, 0) is 38.0 Å². The number of carbonyl (C=O) groups is 2. The second-order valence-corrected chi connectivity index (χ2v) is 7.28. The summed E-state index contributed by atoms with van der Waals surface area (Å²) in [7, 11) is 0. The maximum atomic E-state index is 13.0. The van der Waals surface area contributed by atoms with Crippen molar-refractivity contribution in [3.05, 3.63) is 59.5 Å². The van der Waals surface area contributed by atoms with E-state index in [-0.39, 0.29) is 18.4 Å². The number of carbonyl (C=O) groups excluding carboxylic acids is 2. The number of furan rings is 1. The lowest BCUT2D eigenvalue weighted by atomic mass is 10.2. The van der Waals surface area contributed by atoms with Crippen molar-refractivity contribution in [3.63, 3.8) is 0 Å². The van der Waals surface area contributed by atoms with Gasteiger partial charge in [0, 0.05) is 13.1 Å². The zero-order valence-corrected chi connectivity index (χ0v) is 16.9. The van der Waals surface area contributed by atoms with Crippen molar-refractivity contribution in [2.75, 3.05) is 13.1 Å². The Morgan fingerprint density at radius 1 is 1.07 bits per heavy atom. The molecule has 6 heteroatoms. The van der Waals surface area contributed by atoms with Crippen LogP contribution in [0, 0.1) is 6.92 Å². The maximum Gasteiger partial charge on any atom is 0.242 e. The number of rotatable bonds is 9. The second-order valence-electron chi connectivity index (χ2n) is 6.62. The summed E-state index contributed by atoms with van der Waals surface area (Å²) < 4.78 is 5.64. The fourth-order valence-corrected chi connectivity index (χ4v) is 2.98. The predicted octanol–water partition coefficient (Wildman–Crippen LogP) is 3.98. The van der Waals surface area contributed by atoms with Crippen LogP contribution in [0.25, 0.3) is 0 Å². The summed E-state index contributed by atoms with van der Waals surface area (Å²) in [5, 5.41) is -0.653. The van der Waals surface area contributed by atoms with E-state index in [9.17, 15) is 9.59 Å². The number of aryl methyl sites for hydroxylation is 1. The summed E-state index contributed by atoms with van der Waals surface area (Å²) in [6, 6.07) is 13.5. The van der Waals surface area contributed by atoms with Crippen LogP contribution in [-0.4, -0.2) is 40.1 Å². The average molecular weight is 391 g/mol. The topological polar surface area (TPSA) is 53.8 Å². The maximum absolute atomic E-state index is 13.0. The molecule has 2 aromatic rings. The SMILES string of the molecule is CCCN(CC(=O)N(Cc1ccccc1)Cc1ccc(C)o1)C(=O)C(C)Cl. The third kappa shape index (κ3) is 6.43. The molecule has 0 N–H and O–H groups in total. The molecule has 0 aliphatic carbocycles. The lowest BCUT2D eigenvalue weighted by molar-refractivity contribution is -0.141. The summed E-state index contributed by atoms with van der Waals surface area (Å²) in [6.45, 7) is 6.78. The van der Waals surface area contributed by atoms with Crippen LogP contribution in [0.15, 0.2) is 46.9 Å². The Hall–Kier alpha value is -2.27. The zero-order valence-electron chi connectivity index (χ0n) is 16.2. The van der Waals surface area contributed by atoms with Gasteiger partial charge in [0.25, 0.3) is 0 Å². The van der Waals surface area contributed by atoms with E-state index in [1.54, 1.807) is 11.8 Å². The molecular formula is C21H27ClN2O3. The average Bonchev–Trinajstić information content (AvgIpc) is 3.05. The first-order valence-corrected chi connectivity index (χ1v) is 9.64. The molecule has 0 radical (unpaired) electrons. The first-order valence-electron chi connectivity index (χ1n) is 9.20. The van der Waals surface area contributed by atoms with Crippen molar-refractivity contribution >= 4 is 23.4 Å². The number of hydrogen-bond donors (Lipinski definition) is 0. The quantitative estimate of drug-likeness (QED) is 0.608. The molecule has 27 heavy (non-hydrogen) atoms. The third-order valence-corrected chi connectivity index (χ3v) is 4.37. The van der Waals surface area contributed by atoms with Gasteiger partial charge in [0.05, 0.1) is 13.1 Å². The molecule has 0 aliphatic rings. The Balaban J connectivity index is 2.16. The lowest BCUT2D eigenvalue weighted by Gasteiger charge is -2.28. The van der Waals surface area contributed by atoms with E-state index in [4.69, 9.17) is 16.0 Å². The summed E-state index contributed by atoms with van der Waals surface area (Å²) in [4.78, 5) is 28.6. The molecule has 0 bridgehead atoms. The van der Waals surface area contributed by atoms with Crippen LogP contribution < -0.4 is 0 Å². The van der Waals surface area contributed by atoms with Crippen LogP contribution in [0.5, 0.6) is 0 Å². The molecule has 1 heterocycles. The molecule has 2 amide bonds. The molecule has 1 unspecified atom stereocenters. The highest BCUT2D eigenvalue weighted by Crippen LogP contribution is 2.14. The first-order chi connectivity index (χ1) is 12.9. The molecule has 0 aliphatic heterocycles. The number of amides is 2. The fraction of sp³-hybridized carbons (Fsp3) is 0.429.